The molecule has 0 saturated heterocycles. The van der Waals surface area contributed by atoms with Crippen LogP contribution in [-0.4, -0.2) is 41.3 Å². The van der Waals surface area contributed by atoms with E-state index in [-0.39, 0.29) is 23.2 Å². The number of rotatable bonds is 8. The monoisotopic (exact) mass is 436 g/mol. The molecule has 1 aliphatic carbocycles. The maximum Gasteiger partial charge on any atom is 0.335 e. The first kappa shape index (κ1) is 22.1. The molecule has 6 heteroatoms. The number of aliphatic hydroxyl groups excluding tert-OH is 1. The van der Waals surface area contributed by atoms with Gasteiger partial charge in [-0.3, -0.25) is 4.79 Å². The number of aliphatic hydroxyl groups is 1. The summed E-state index contributed by atoms with van der Waals surface area (Å²) < 4.78 is 11.1. The van der Waals surface area contributed by atoms with Crippen molar-refractivity contribution in [2.75, 3.05) is 13.2 Å². The molecule has 0 aromatic heterocycles. The molecular formula is C26H28O6. The number of allylic oxidation sites excluding steroid dienone is 1. The quantitative estimate of drug-likeness (QED) is 0.611. The Bertz CT molecular complexity index is 994. The molecule has 1 fully saturated rings. The van der Waals surface area contributed by atoms with Gasteiger partial charge in [-0.1, -0.05) is 30.4 Å². The van der Waals surface area contributed by atoms with E-state index >= 15 is 0 Å². The third kappa shape index (κ3) is 5.37. The number of carbonyl (C=O) groups excluding carboxylic acids is 1. The third-order valence-corrected chi connectivity index (χ3v) is 6.23. The largest absolute Gasteiger partial charge is 0.486 e. The molecule has 4 rings (SSSR count). The SMILES string of the molecule is O=C(O)c1ccc(CC[C@H]2C(=O)CC[C@@H]2/C=C/C(O)Cc2ccc3c(c2)OCCO3)cc1. The summed E-state index contributed by atoms with van der Waals surface area (Å²) in [5.74, 6) is 0.825. The van der Waals surface area contributed by atoms with Gasteiger partial charge in [0, 0.05) is 18.8 Å². The number of fused-ring (bicyclic) bond motifs is 1. The molecule has 2 aromatic carbocycles. The number of carboxylic acid groups (broad SMARTS) is 1. The van der Waals surface area contributed by atoms with Crippen LogP contribution in [0.4, 0.5) is 0 Å². The van der Waals surface area contributed by atoms with Gasteiger partial charge in [0.25, 0.3) is 0 Å². The van der Waals surface area contributed by atoms with Crippen LogP contribution in [0.25, 0.3) is 0 Å². The molecule has 2 aromatic rings. The standard InChI is InChI=1S/C26H28O6/c27-21(15-18-4-12-24-25(16-18)32-14-13-31-24)9-7-19-8-11-23(28)22(19)10-3-17-1-5-20(6-2-17)26(29)30/h1-2,4-7,9,12,16,19,21-22,27H,3,8,10-11,13-15H2,(H,29,30)/b9-7+/t19-,21?,22+/m0/s1. The van der Waals surface area contributed by atoms with Crippen LogP contribution in [0.15, 0.2) is 54.6 Å². The average molecular weight is 437 g/mol. The molecule has 2 N–H and O–H groups in total. The fraction of sp³-hybridized carbons (Fsp3) is 0.385. The molecule has 0 radical (unpaired) electrons. The minimum absolute atomic E-state index is 0.0631. The van der Waals surface area contributed by atoms with E-state index in [2.05, 4.69) is 0 Å². The van der Waals surface area contributed by atoms with Crippen molar-refractivity contribution in [1.82, 2.24) is 0 Å². The average Bonchev–Trinajstić information content (AvgIpc) is 3.15. The van der Waals surface area contributed by atoms with Crippen LogP contribution in [0.2, 0.25) is 0 Å². The first-order valence-electron chi connectivity index (χ1n) is 11.1. The zero-order valence-electron chi connectivity index (χ0n) is 17.9. The Kier molecular flexibility index (Phi) is 6.90. The molecule has 2 aliphatic rings. The smallest absolute Gasteiger partial charge is 0.335 e. The highest BCUT2D eigenvalue weighted by atomic mass is 16.6. The number of aromatic carboxylic acids is 1. The maximum absolute atomic E-state index is 12.4. The minimum Gasteiger partial charge on any atom is -0.486 e. The Morgan fingerprint density at radius 1 is 1.06 bits per heavy atom. The van der Waals surface area contributed by atoms with E-state index in [0.717, 1.165) is 36.1 Å². The second kappa shape index (κ2) is 10.0. The van der Waals surface area contributed by atoms with Gasteiger partial charge < -0.3 is 19.7 Å². The number of benzene rings is 2. The summed E-state index contributed by atoms with van der Waals surface area (Å²) in [6.45, 7) is 1.08. The third-order valence-electron chi connectivity index (χ3n) is 6.23. The lowest BCUT2D eigenvalue weighted by molar-refractivity contribution is -0.121. The second-order valence-electron chi connectivity index (χ2n) is 8.45. The molecule has 1 heterocycles. The molecule has 1 unspecified atom stereocenters. The van der Waals surface area contributed by atoms with E-state index in [1.807, 2.05) is 36.4 Å². The highest BCUT2D eigenvalue weighted by Gasteiger charge is 2.32. The van der Waals surface area contributed by atoms with E-state index in [1.165, 1.54) is 0 Å². The first-order valence-corrected chi connectivity index (χ1v) is 11.1. The Balaban J connectivity index is 1.32. The van der Waals surface area contributed by atoms with Crippen LogP contribution in [0.3, 0.4) is 0 Å². The lowest BCUT2D eigenvalue weighted by Crippen LogP contribution is -2.16. The Labute approximate surface area is 187 Å². The zero-order chi connectivity index (χ0) is 22.5. The number of hydrogen-bond acceptors (Lipinski definition) is 5. The Hall–Kier alpha value is -3.12. The van der Waals surface area contributed by atoms with Crippen LogP contribution in [0.5, 0.6) is 11.5 Å². The normalized spacial score (nSPS) is 21.1. The van der Waals surface area contributed by atoms with Crippen LogP contribution >= 0.6 is 0 Å². The molecule has 1 saturated carbocycles. The fourth-order valence-corrected chi connectivity index (χ4v) is 4.47. The highest BCUT2D eigenvalue weighted by molar-refractivity contribution is 5.87. The van der Waals surface area contributed by atoms with Crippen LogP contribution in [0.1, 0.15) is 40.7 Å². The molecule has 0 spiro atoms. The fourth-order valence-electron chi connectivity index (χ4n) is 4.47. The van der Waals surface area contributed by atoms with Gasteiger partial charge >= 0.3 is 5.97 Å². The number of ether oxygens (including phenoxy) is 2. The number of Topliss-reactive ketones (excluding diaryl/α,β-unsaturated/α-hetero) is 1. The summed E-state index contributed by atoms with van der Waals surface area (Å²) in [6, 6.07) is 12.5. The summed E-state index contributed by atoms with van der Waals surface area (Å²) in [4.78, 5) is 23.4. The first-order chi connectivity index (χ1) is 15.5. The van der Waals surface area contributed by atoms with Crippen molar-refractivity contribution in [1.29, 1.82) is 0 Å². The predicted octanol–water partition coefficient (Wildman–Crippen LogP) is 3.84. The molecule has 3 atom stereocenters. The molecule has 0 bridgehead atoms. The molecule has 0 amide bonds. The van der Waals surface area contributed by atoms with Crippen LogP contribution in [-0.2, 0) is 17.6 Å². The number of ketones is 1. The van der Waals surface area contributed by atoms with Crippen LogP contribution < -0.4 is 9.47 Å². The van der Waals surface area contributed by atoms with Crippen molar-refractivity contribution in [3.05, 3.63) is 71.3 Å². The highest BCUT2D eigenvalue weighted by Crippen LogP contribution is 2.34. The van der Waals surface area contributed by atoms with E-state index < -0.39 is 12.1 Å². The summed E-state index contributed by atoms with van der Waals surface area (Å²) in [6.07, 6.45) is 6.43. The number of carbonyl (C=O) groups is 2. The Morgan fingerprint density at radius 2 is 1.78 bits per heavy atom. The Morgan fingerprint density at radius 3 is 2.53 bits per heavy atom. The van der Waals surface area contributed by atoms with E-state index in [4.69, 9.17) is 14.6 Å². The van der Waals surface area contributed by atoms with Gasteiger partial charge in [-0.2, -0.15) is 0 Å². The van der Waals surface area contributed by atoms with E-state index in [9.17, 15) is 14.7 Å². The van der Waals surface area contributed by atoms with Crippen molar-refractivity contribution < 1.29 is 29.3 Å². The zero-order valence-corrected chi connectivity index (χ0v) is 17.9. The van der Waals surface area contributed by atoms with Gasteiger partial charge in [-0.05, 0) is 60.6 Å². The molecule has 168 valence electrons. The summed E-state index contributed by atoms with van der Waals surface area (Å²) in [5, 5.41) is 19.5. The summed E-state index contributed by atoms with van der Waals surface area (Å²) >= 11 is 0. The molecule has 6 nitrogen and oxygen atoms in total. The topological polar surface area (TPSA) is 93.1 Å². The summed E-state index contributed by atoms with van der Waals surface area (Å²) in [7, 11) is 0. The summed E-state index contributed by atoms with van der Waals surface area (Å²) in [5.41, 5.74) is 2.25. The van der Waals surface area contributed by atoms with E-state index in [0.29, 0.717) is 31.8 Å². The van der Waals surface area contributed by atoms with Crippen LogP contribution in [0, 0.1) is 11.8 Å². The number of carboxylic acids is 1. The number of aryl methyl sites for hydroxylation is 1. The maximum atomic E-state index is 12.4. The van der Waals surface area contributed by atoms with Gasteiger partial charge in [0.1, 0.15) is 19.0 Å². The van der Waals surface area contributed by atoms with Crippen molar-refractivity contribution >= 4 is 11.8 Å². The van der Waals surface area contributed by atoms with Gasteiger partial charge in [0.2, 0.25) is 0 Å². The molecule has 1 aliphatic heterocycles. The molecular weight excluding hydrogens is 408 g/mol. The van der Waals surface area contributed by atoms with Crippen molar-refractivity contribution in [2.45, 2.75) is 38.2 Å². The van der Waals surface area contributed by atoms with Crippen molar-refractivity contribution in [3.8, 4) is 11.5 Å². The van der Waals surface area contributed by atoms with Gasteiger partial charge in [0.15, 0.2) is 11.5 Å². The van der Waals surface area contributed by atoms with Gasteiger partial charge in [0.05, 0.1) is 11.7 Å². The lowest BCUT2D eigenvalue weighted by Gasteiger charge is -2.19. The van der Waals surface area contributed by atoms with Gasteiger partial charge in [-0.15, -0.1) is 0 Å². The van der Waals surface area contributed by atoms with Gasteiger partial charge in [-0.25, -0.2) is 4.79 Å². The predicted molar refractivity (Wildman–Crippen MR) is 119 cm³/mol. The van der Waals surface area contributed by atoms with E-state index in [1.54, 1.807) is 18.2 Å². The van der Waals surface area contributed by atoms with Crippen molar-refractivity contribution in [3.63, 3.8) is 0 Å². The minimum atomic E-state index is -0.942. The lowest BCUT2D eigenvalue weighted by atomic mass is 9.88. The second-order valence-corrected chi connectivity index (χ2v) is 8.45. The molecule has 32 heavy (non-hydrogen) atoms. The number of hydrogen-bond donors (Lipinski definition) is 2. The van der Waals surface area contributed by atoms with Crippen molar-refractivity contribution in [2.24, 2.45) is 11.8 Å².